The molecule has 0 N–H and O–H groups in total. The zero-order valence-electron chi connectivity index (χ0n) is 31.3. The minimum absolute atomic E-state index is 0.626. The van der Waals surface area contributed by atoms with Gasteiger partial charge in [0.2, 0.25) is 0 Å². The van der Waals surface area contributed by atoms with E-state index < -0.39 is 0 Å². The van der Waals surface area contributed by atoms with Gasteiger partial charge in [0.1, 0.15) is 0 Å². The van der Waals surface area contributed by atoms with Crippen LogP contribution in [0.15, 0.2) is 206 Å². The van der Waals surface area contributed by atoms with Crippen LogP contribution in [0.5, 0.6) is 0 Å². The molecule has 0 amide bonds. The monoisotopic (exact) mass is 742 g/mol. The fourth-order valence-corrected chi connectivity index (χ4v) is 7.22. The average molecular weight is 743 g/mol. The topological polar surface area (TPSA) is 77.3 Å². The molecule has 6 nitrogen and oxygen atoms in total. The zero-order valence-corrected chi connectivity index (χ0v) is 31.3. The van der Waals surface area contributed by atoms with E-state index in [1.54, 1.807) is 0 Å². The van der Waals surface area contributed by atoms with Crippen LogP contribution < -0.4 is 0 Å². The largest absolute Gasteiger partial charge is 0.256 e. The van der Waals surface area contributed by atoms with E-state index in [4.69, 9.17) is 29.9 Å². The Balaban J connectivity index is 0.947. The maximum Gasteiger partial charge on any atom is 0.164 e. The van der Waals surface area contributed by atoms with Gasteiger partial charge in [-0.3, -0.25) is 4.98 Å². The van der Waals surface area contributed by atoms with Gasteiger partial charge < -0.3 is 0 Å². The molecule has 0 spiro atoms. The standard InChI is InChI=1S/C52H34N6/c1-5-13-37(14-6-1)46-34-47(38-15-7-2-8-16-38)55-49(54-46)41-25-21-35(22-26-41)43-29-30-45-44(31-32-53-48(45)33-43)36-23-27-42(28-24-36)52-57-50(39-17-9-3-10-18-39)56-51(58-52)40-19-11-4-12-20-40/h1-34H. The third-order valence-corrected chi connectivity index (χ3v) is 10.2. The van der Waals surface area contributed by atoms with Crippen molar-refractivity contribution in [1.29, 1.82) is 0 Å². The van der Waals surface area contributed by atoms with Crippen LogP contribution in [0.2, 0.25) is 0 Å². The Morgan fingerprint density at radius 1 is 0.259 bits per heavy atom. The predicted molar refractivity (Wildman–Crippen MR) is 234 cm³/mol. The SMILES string of the molecule is c1ccc(-c2cc(-c3ccccc3)nc(-c3ccc(-c4ccc5c(-c6ccc(-c7nc(-c8ccccc8)nc(-c8ccccc8)n7)cc6)ccnc5c4)cc3)n2)cc1. The first-order valence-electron chi connectivity index (χ1n) is 19.2. The Morgan fingerprint density at radius 2 is 0.638 bits per heavy atom. The zero-order chi connectivity index (χ0) is 38.7. The molecule has 0 saturated carbocycles. The van der Waals surface area contributed by atoms with E-state index in [1.165, 1.54) is 0 Å². The van der Waals surface area contributed by atoms with Crippen LogP contribution in [-0.2, 0) is 0 Å². The molecule has 10 aromatic rings. The van der Waals surface area contributed by atoms with Crippen LogP contribution in [0.4, 0.5) is 0 Å². The van der Waals surface area contributed by atoms with Gasteiger partial charge in [-0.15, -0.1) is 0 Å². The number of aromatic nitrogens is 6. The second-order valence-corrected chi connectivity index (χ2v) is 14.0. The van der Waals surface area contributed by atoms with E-state index in [0.29, 0.717) is 23.3 Å². The van der Waals surface area contributed by atoms with E-state index in [2.05, 4.69) is 103 Å². The molecule has 0 bridgehead atoms. The summed E-state index contributed by atoms with van der Waals surface area (Å²) in [7, 11) is 0. The van der Waals surface area contributed by atoms with Gasteiger partial charge in [-0.25, -0.2) is 24.9 Å². The summed E-state index contributed by atoms with van der Waals surface area (Å²) in [6.07, 6.45) is 1.88. The second kappa shape index (κ2) is 15.3. The molecule has 10 rings (SSSR count). The highest BCUT2D eigenvalue weighted by atomic mass is 15.0. The molecular formula is C52H34N6. The molecule has 3 aromatic heterocycles. The van der Waals surface area contributed by atoms with Crippen LogP contribution in [0.3, 0.4) is 0 Å². The van der Waals surface area contributed by atoms with E-state index in [-0.39, 0.29) is 0 Å². The summed E-state index contributed by atoms with van der Waals surface area (Å²) in [5.41, 5.74) is 12.9. The van der Waals surface area contributed by atoms with Gasteiger partial charge in [-0.1, -0.05) is 182 Å². The van der Waals surface area contributed by atoms with Crippen molar-refractivity contribution in [1.82, 2.24) is 29.9 Å². The van der Waals surface area contributed by atoms with Crippen molar-refractivity contribution in [3.63, 3.8) is 0 Å². The normalized spacial score (nSPS) is 11.1. The van der Waals surface area contributed by atoms with Gasteiger partial charge in [0, 0.05) is 45.0 Å². The maximum atomic E-state index is 5.01. The quantitative estimate of drug-likeness (QED) is 0.154. The number of nitrogens with zero attached hydrogens (tertiary/aromatic N) is 6. The van der Waals surface area contributed by atoms with Gasteiger partial charge in [-0.05, 0) is 40.5 Å². The van der Waals surface area contributed by atoms with Crippen molar-refractivity contribution in [3.05, 3.63) is 206 Å². The lowest BCUT2D eigenvalue weighted by Crippen LogP contribution is -2.00. The van der Waals surface area contributed by atoms with Crippen molar-refractivity contribution < 1.29 is 0 Å². The number of benzene rings is 7. The summed E-state index contributed by atoms with van der Waals surface area (Å²) in [4.78, 5) is 29.5. The summed E-state index contributed by atoms with van der Waals surface area (Å²) in [5, 5.41) is 1.08. The summed E-state index contributed by atoms with van der Waals surface area (Å²) in [5.74, 6) is 2.59. The van der Waals surface area contributed by atoms with Gasteiger partial charge in [0.25, 0.3) is 0 Å². The van der Waals surface area contributed by atoms with E-state index in [0.717, 1.165) is 77.9 Å². The van der Waals surface area contributed by atoms with E-state index >= 15 is 0 Å². The third kappa shape index (κ3) is 7.02. The Kier molecular flexibility index (Phi) is 9.10. The first kappa shape index (κ1) is 34.5. The minimum Gasteiger partial charge on any atom is -0.256 e. The molecule has 0 unspecified atom stereocenters. The Morgan fingerprint density at radius 3 is 1.12 bits per heavy atom. The van der Waals surface area contributed by atoms with Gasteiger partial charge >= 0.3 is 0 Å². The highest BCUT2D eigenvalue weighted by Crippen LogP contribution is 2.34. The summed E-state index contributed by atoms with van der Waals surface area (Å²) in [6, 6.07) is 68.1. The summed E-state index contributed by atoms with van der Waals surface area (Å²) < 4.78 is 0. The first-order valence-corrected chi connectivity index (χ1v) is 19.2. The number of rotatable bonds is 8. The molecule has 0 fully saturated rings. The predicted octanol–water partition coefficient (Wildman–Crippen LogP) is 12.5. The van der Waals surface area contributed by atoms with Crippen molar-refractivity contribution in [3.8, 4) is 90.3 Å². The highest BCUT2D eigenvalue weighted by molar-refractivity contribution is 5.96. The van der Waals surface area contributed by atoms with E-state index in [1.807, 2.05) is 103 Å². The second-order valence-electron chi connectivity index (χ2n) is 14.0. The molecule has 6 heteroatoms. The van der Waals surface area contributed by atoms with E-state index in [9.17, 15) is 0 Å². The Bertz CT molecular complexity index is 2890. The molecule has 0 aliphatic heterocycles. The van der Waals surface area contributed by atoms with Crippen LogP contribution >= 0.6 is 0 Å². The van der Waals surface area contributed by atoms with Crippen LogP contribution in [0.25, 0.3) is 101 Å². The molecule has 0 radical (unpaired) electrons. The lowest BCUT2D eigenvalue weighted by atomic mass is 9.97. The maximum absolute atomic E-state index is 5.01. The van der Waals surface area contributed by atoms with Crippen molar-refractivity contribution >= 4 is 10.9 Å². The van der Waals surface area contributed by atoms with Crippen LogP contribution in [0.1, 0.15) is 0 Å². The number of hydrogen-bond acceptors (Lipinski definition) is 6. The smallest absolute Gasteiger partial charge is 0.164 e. The van der Waals surface area contributed by atoms with Gasteiger partial charge in [0.05, 0.1) is 16.9 Å². The number of pyridine rings is 1. The molecule has 0 aliphatic carbocycles. The van der Waals surface area contributed by atoms with Crippen molar-refractivity contribution in [2.75, 3.05) is 0 Å². The van der Waals surface area contributed by atoms with Gasteiger partial charge in [0.15, 0.2) is 23.3 Å². The fraction of sp³-hybridized carbons (Fsp3) is 0. The molecule has 0 atom stereocenters. The molecule has 0 aliphatic rings. The van der Waals surface area contributed by atoms with Crippen LogP contribution in [-0.4, -0.2) is 29.9 Å². The van der Waals surface area contributed by atoms with Gasteiger partial charge in [-0.2, -0.15) is 0 Å². The molecule has 3 heterocycles. The highest BCUT2D eigenvalue weighted by Gasteiger charge is 2.15. The molecule has 0 saturated heterocycles. The van der Waals surface area contributed by atoms with Crippen molar-refractivity contribution in [2.24, 2.45) is 0 Å². The molecule has 58 heavy (non-hydrogen) atoms. The lowest BCUT2D eigenvalue weighted by molar-refractivity contribution is 1.07. The summed E-state index contributed by atoms with van der Waals surface area (Å²) in [6.45, 7) is 0. The van der Waals surface area contributed by atoms with Crippen molar-refractivity contribution in [2.45, 2.75) is 0 Å². The molecule has 272 valence electrons. The molecular weight excluding hydrogens is 709 g/mol. The molecule has 7 aromatic carbocycles. The number of hydrogen-bond donors (Lipinski definition) is 0. The Labute approximate surface area is 336 Å². The average Bonchev–Trinajstić information content (AvgIpc) is 3.32. The third-order valence-electron chi connectivity index (χ3n) is 10.2. The minimum atomic E-state index is 0.626. The lowest BCUT2D eigenvalue weighted by Gasteiger charge is -2.11. The summed E-state index contributed by atoms with van der Waals surface area (Å²) >= 11 is 0. The van der Waals surface area contributed by atoms with Crippen LogP contribution in [0, 0.1) is 0 Å². The number of fused-ring (bicyclic) bond motifs is 1. The Hall–Kier alpha value is -7.96. The first-order chi connectivity index (χ1) is 28.7. The fourth-order valence-electron chi connectivity index (χ4n) is 7.22.